The standard InChI is InChI=1S/C27H35N5O3S/c1-6-20-17(2)24(35-26(34)32(27(3,4)5)19-12-14-30-15-13-19)31-25(21(20)16-28)36-22(23(29)33)18-10-8-7-9-11-18/h7-11,19,22,30H,6,12-15H2,1-5H3,(H2,29,33). The number of nitrogens with zero attached hydrogens (tertiary/aromatic N) is 3. The molecule has 1 fully saturated rings. The first kappa shape index (κ1) is 27.5. The van der Waals surface area contributed by atoms with Gasteiger partial charge in [0.05, 0.1) is 5.56 Å². The van der Waals surface area contributed by atoms with Crippen molar-refractivity contribution in [2.75, 3.05) is 13.1 Å². The number of hydrogen-bond donors (Lipinski definition) is 2. The van der Waals surface area contributed by atoms with E-state index >= 15 is 0 Å². The van der Waals surface area contributed by atoms with Gasteiger partial charge in [0, 0.05) is 17.1 Å². The van der Waals surface area contributed by atoms with E-state index in [0.29, 0.717) is 28.1 Å². The highest BCUT2D eigenvalue weighted by atomic mass is 32.2. The number of benzene rings is 1. The maximum absolute atomic E-state index is 13.5. The van der Waals surface area contributed by atoms with Gasteiger partial charge in [-0.25, -0.2) is 9.78 Å². The highest BCUT2D eigenvalue weighted by molar-refractivity contribution is 8.00. The van der Waals surface area contributed by atoms with E-state index in [1.807, 2.05) is 58.0 Å². The van der Waals surface area contributed by atoms with Crippen LogP contribution in [0.5, 0.6) is 5.88 Å². The number of rotatable bonds is 7. The number of pyridine rings is 1. The van der Waals surface area contributed by atoms with Crippen LogP contribution in [-0.4, -0.2) is 46.6 Å². The third kappa shape index (κ3) is 6.18. The minimum atomic E-state index is -0.748. The second-order valence-electron chi connectivity index (χ2n) is 9.87. The highest BCUT2D eigenvalue weighted by Crippen LogP contribution is 2.39. The van der Waals surface area contributed by atoms with Gasteiger partial charge in [-0.2, -0.15) is 5.26 Å². The van der Waals surface area contributed by atoms with E-state index in [1.165, 1.54) is 0 Å². The minimum Gasteiger partial charge on any atom is -0.391 e. The molecular formula is C27H35N5O3S. The van der Waals surface area contributed by atoms with Crippen LogP contribution in [0, 0.1) is 18.3 Å². The van der Waals surface area contributed by atoms with Crippen LogP contribution in [0.2, 0.25) is 0 Å². The van der Waals surface area contributed by atoms with Gasteiger partial charge in [0.2, 0.25) is 11.8 Å². The molecule has 2 heterocycles. The molecular weight excluding hydrogens is 474 g/mol. The molecule has 1 aromatic heterocycles. The number of primary amides is 1. The average Bonchev–Trinajstić information content (AvgIpc) is 2.84. The zero-order valence-electron chi connectivity index (χ0n) is 21.6. The first-order chi connectivity index (χ1) is 17.1. The number of amides is 2. The Kier molecular flexibility index (Phi) is 8.98. The molecule has 0 bridgehead atoms. The summed E-state index contributed by atoms with van der Waals surface area (Å²) in [7, 11) is 0. The minimum absolute atomic E-state index is 0.0502. The number of nitriles is 1. The Labute approximate surface area is 217 Å². The van der Waals surface area contributed by atoms with E-state index in [4.69, 9.17) is 10.5 Å². The van der Waals surface area contributed by atoms with Crippen molar-refractivity contribution in [1.29, 1.82) is 5.26 Å². The van der Waals surface area contributed by atoms with Gasteiger partial charge in [-0.3, -0.25) is 9.69 Å². The van der Waals surface area contributed by atoms with Crippen LogP contribution < -0.4 is 15.8 Å². The summed E-state index contributed by atoms with van der Waals surface area (Å²) in [6.45, 7) is 11.4. The molecule has 0 spiro atoms. The normalized spacial score (nSPS) is 15.1. The maximum atomic E-state index is 13.5. The number of nitrogens with one attached hydrogen (secondary N) is 1. The van der Waals surface area contributed by atoms with Crippen molar-refractivity contribution in [2.24, 2.45) is 5.73 Å². The number of ether oxygens (including phenoxy) is 1. The highest BCUT2D eigenvalue weighted by Gasteiger charge is 2.36. The molecule has 1 saturated heterocycles. The van der Waals surface area contributed by atoms with Crippen molar-refractivity contribution in [1.82, 2.24) is 15.2 Å². The molecule has 1 aliphatic rings. The lowest BCUT2D eigenvalue weighted by Crippen LogP contribution is -2.55. The quantitative estimate of drug-likeness (QED) is 0.527. The molecule has 8 nitrogen and oxygen atoms in total. The summed E-state index contributed by atoms with van der Waals surface area (Å²) in [6, 6.07) is 11.4. The van der Waals surface area contributed by atoms with Crippen LogP contribution in [0.15, 0.2) is 35.4 Å². The zero-order chi connectivity index (χ0) is 26.5. The fourth-order valence-electron chi connectivity index (χ4n) is 4.62. The van der Waals surface area contributed by atoms with Crippen molar-refractivity contribution < 1.29 is 14.3 Å². The first-order valence-electron chi connectivity index (χ1n) is 12.2. The van der Waals surface area contributed by atoms with Gasteiger partial charge in [0.1, 0.15) is 16.3 Å². The Morgan fingerprint density at radius 3 is 2.44 bits per heavy atom. The monoisotopic (exact) mass is 509 g/mol. The number of thioether (sulfide) groups is 1. The van der Waals surface area contributed by atoms with Gasteiger partial charge >= 0.3 is 6.09 Å². The molecule has 1 unspecified atom stereocenters. The van der Waals surface area contributed by atoms with Gasteiger partial charge in [0.25, 0.3) is 0 Å². The van der Waals surface area contributed by atoms with Crippen LogP contribution >= 0.6 is 11.8 Å². The van der Waals surface area contributed by atoms with E-state index in [9.17, 15) is 14.9 Å². The number of aromatic nitrogens is 1. The lowest BCUT2D eigenvalue weighted by atomic mass is 9.98. The van der Waals surface area contributed by atoms with Crippen LogP contribution in [0.3, 0.4) is 0 Å². The Balaban J connectivity index is 2.02. The molecule has 0 saturated carbocycles. The topological polar surface area (TPSA) is 121 Å². The van der Waals surface area contributed by atoms with Gasteiger partial charge in [-0.05, 0) is 71.2 Å². The van der Waals surface area contributed by atoms with E-state index in [2.05, 4.69) is 16.4 Å². The second kappa shape index (κ2) is 11.8. The predicted octanol–water partition coefficient (Wildman–Crippen LogP) is 4.49. The zero-order valence-corrected chi connectivity index (χ0v) is 22.4. The van der Waals surface area contributed by atoms with Gasteiger partial charge in [-0.1, -0.05) is 49.0 Å². The largest absolute Gasteiger partial charge is 0.417 e. The predicted molar refractivity (Wildman–Crippen MR) is 141 cm³/mol. The number of piperidine rings is 1. The Morgan fingerprint density at radius 1 is 1.28 bits per heavy atom. The van der Waals surface area contributed by atoms with Gasteiger partial charge in [-0.15, -0.1) is 0 Å². The summed E-state index contributed by atoms with van der Waals surface area (Å²) in [5.74, 6) is -0.392. The molecule has 36 heavy (non-hydrogen) atoms. The Morgan fingerprint density at radius 2 is 1.92 bits per heavy atom. The summed E-state index contributed by atoms with van der Waals surface area (Å²) in [4.78, 5) is 32.3. The van der Waals surface area contributed by atoms with E-state index < -0.39 is 22.8 Å². The third-order valence-electron chi connectivity index (χ3n) is 6.32. The number of hydrogen-bond acceptors (Lipinski definition) is 7. The summed E-state index contributed by atoms with van der Waals surface area (Å²) < 4.78 is 5.93. The average molecular weight is 510 g/mol. The fraction of sp³-hybridized carbons (Fsp3) is 0.481. The third-order valence-corrected chi connectivity index (χ3v) is 7.58. The van der Waals surface area contributed by atoms with Crippen molar-refractivity contribution >= 4 is 23.8 Å². The van der Waals surface area contributed by atoms with Crippen molar-refractivity contribution in [2.45, 2.75) is 75.7 Å². The van der Waals surface area contributed by atoms with E-state index in [-0.39, 0.29) is 11.9 Å². The lowest BCUT2D eigenvalue weighted by Gasteiger charge is -2.42. The molecule has 0 radical (unpaired) electrons. The fourth-order valence-corrected chi connectivity index (χ4v) is 5.67. The maximum Gasteiger partial charge on any atom is 0.417 e. The Bertz CT molecular complexity index is 1130. The van der Waals surface area contributed by atoms with Crippen LogP contribution in [0.1, 0.15) is 68.0 Å². The lowest BCUT2D eigenvalue weighted by molar-refractivity contribution is -0.117. The summed E-state index contributed by atoms with van der Waals surface area (Å²) in [5, 5.41) is 12.9. The molecule has 3 rings (SSSR count). The van der Waals surface area contributed by atoms with E-state index in [1.54, 1.807) is 11.8 Å². The summed E-state index contributed by atoms with van der Waals surface area (Å²) in [6.07, 6.45) is 1.75. The first-order valence-corrected chi connectivity index (χ1v) is 13.1. The molecule has 2 amide bonds. The molecule has 1 aliphatic heterocycles. The molecule has 2 aromatic rings. The molecule has 3 N–H and O–H groups in total. The van der Waals surface area contributed by atoms with Crippen molar-refractivity contribution in [3.05, 3.63) is 52.6 Å². The van der Waals surface area contributed by atoms with Gasteiger partial charge in [0.15, 0.2) is 0 Å². The number of carbonyl (C=O) groups is 2. The van der Waals surface area contributed by atoms with E-state index in [0.717, 1.165) is 43.3 Å². The van der Waals surface area contributed by atoms with Crippen LogP contribution in [0.25, 0.3) is 0 Å². The number of nitrogens with two attached hydrogens (primary N) is 1. The molecule has 1 aromatic carbocycles. The second-order valence-corrected chi connectivity index (χ2v) is 11.0. The van der Waals surface area contributed by atoms with Gasteiger partial charge < -0.3 is 15.8 Å². The number of carbonyl (C=O) groups excluding carboxylic acids is 2. The molecule has 9 heteroatoms. The molecule has 0 aliphatic carbocycles. The summed E-state index contributed by atoms with van der Waals surface area (Å²) in [5.41, 5.74) is 7.73. The molecule has 1 atom stereocenters. The Hall–Kier alpha value is -3.09. The van der Waals surface area contributed by atoms with Crippen LogP contribution in [-0.2, 0) is 11.2 Å². The molecule has 192 valence electrons. The van der Waals surface area contributed by atoms with Crippen molar-refractivity contribution in [3.8, 4) is 11.9 Å². The SMILES string of the molecule is CCc1c(C)c(OC(=O)N(C2CCNCC2)C(C)(C)C)nc(SC(C(N)=O)c2ccccc2)c1C#N. The summed E-state index contributed by atoms with van der Waals surface area (Å²) >= 11 is 1.10. The van der Waals surface area contributed by atoms with Crippen molar-refractivity contribution in [3.63, 3.8) is 0 Å². The smallest absolute Gasteiger partial charge is 0.391 e. The van der Waals surface area contributed by atoms with Crippen LogP contribution in [0.4, 0.5) is 4.79 Å².